The van der Waals surface area contributed by atoms with E-state index in [2.05, 4.69) is 33.0 Å². The van der Waals surface area contributed by atoms with Crippen molar-refractivity contribution in [3.63, 3.8) is 0 Å². The Hall–Kier alpha value is -1.58. The Bertz CT molecular complexity index is 495. The van der Waals surface area contributed by atoms with Crippen LogP contribution in [0.3, 0.4) is 0 Å². The summed E-state index contributed by atoms with van der Waals surface area (Å²) >= 11 is 0. The highest BCUT2D eigenvalue weighted by molar-refractivity contribution is 5.98. The number of hydrogen-bond donors (Lipinski definition) is 2. The van der Waals surface area contributed by atoms with Crippen LogP contribution in [0.5, 0.6) is 0 Å². The highest BCUT2D eigenvalue weighted by Crippen LogP contribution is 2.68. The zero-order chi connectivity index (χ0) is 13.7. The molecule has 1 fully saturated rings. The van der Waals surface area contributed by atoms with E-state index >= 15 is 0 Å². The minimum atomic E-state index is -0.409. The third-order valence-corrected chi connectivity index (χ3v) is 4.56. The second-order valence-electron chi connectivity index (χ2n) is 6.10. The van der Waals surface area contributed by atoms with Crippen molar-refractivity contribution in [3.05, 3.63) is 24.0 Å². The molecule has 4 heteroatoms. The van der Waals surface area contributed by atoms with Crippen LogP contribution in [0.15, 0.2) is 18.2 Å². The predicted octanol–water partition coefficient (Wildman–Crippen LogP) is 3.03. The first-order valence-corrected chi connectivity index (χ1v) is 6.04. The van der Waals surface area contributed by atoms with E-state index in [9.17, 15) is 9.18 Å². The lowest BCUT2D eigenvalue weighted by Gasteiger charge is -2.09. The Balaban J connectivity index is 2.17. The van der Waals surface area contributed by atoms with Crippen LogP contribution >= 0.6 is 0 Å². The van der Waals surface area contributed by atoms with Gasteiger partial charge in [-0.3, -0.25) is 4.79 Å². The van der Waals surface area contributed by atoms with E-state index in [1.807, 2.05) is 0 Å². The second-order valence-corrected chi connectivity index (χ2v) is 6.10. The molecule has 0 atom stereocenters. The molecule has 0 unspecified atom stereocenters. The maximum Gasteiger partial charge on any atom is 0.228 e. The fourth-order valence-electron chi connectivity index (χ4n) is 2.69. The zero-order valence-corrected chi connectivity index (χ0v) is 11.2. The van der Waals surface area contributed by atoms with Crippen molar-refractivity contribution in [2.45, 2.75) is 27.7 Å². The van der Waals surface area contributed by atoms with E-state index in [4.69, 9.17) is 5.73 Å². The Morgan fingerprint density at radius 2 is 1.83 bits per heavy atom. The van der Waals surface area contributed by atoms with E-state index in [1.54, 1.807) is 0 Å². The molecular weight excluding hydrogens is 231 g/mol. The number of nitrogens with two attached hydrogens (primary N) is 1. The SMILES string of the molecule is CC1(C)C(C(=O)Nc2cc(F)ccc2N)C1(C)C. The normalized spacial score (nSPS) is 20.5. The summed E-state index contributed by atoms with van der Waals surface area (Å²) in [5, 5.41) is 2.72. The number of rotatable bonds is 2. The summed E-state index contributed by atoms with van der Waals surface area (Å²) in [6.45, 7) is 8.25. The summed E-state index contributed by atoms with van der Waals surface area (Å²) in [5.41, 5.74) is 6.35. The maximum absolute atomic E-state index is 13.1. The van der Waals surface area contributed by atoms with Gasteiger partial charge in [-0.25, -0.2) is 4.39 Å². The van der Waals surface area contributed by atoms with Crippen molar-refractivity contribution in [2.24, 2.45) is 16.7 Å². The fraction of sp³-hybridized carbons (Fsp3) is 0.500. The van der Waals surface area contributed by atoms with Gasteiger partial charge in [0.1, 0.15) is 5.82 Å². The molecule has 1 aliphatic carbocycles. The van der Waals surface area contributed by atoms with Crippen LogP contribution in [-0.4, -0.2) is 5.91 Å². The molecule has 0 aliphatic heterocycles. The number of nitrogen functional groups attached to an aromatic ring is 1. The molecule has 1 amide bonds. The number of amides is 1. The molecule has 1 aromatic rings. The van der Waals surface area contributed by atoms with Gasteiger partial charge in [0.25, 0.3) is 0 Å². The quantitative estimate of drug-likeness (QED) is 0.793. The Kier molecular flexibility index (Phi) is 2.65. The standard InChI is InChI=1S/C14H19FN2O/c1-13(2)11(14(13,3)4)12(18)17-10-7-8(15)5-6-9(10)16/h5-7,11H,16H2,1-4H3,(H,17,18). The number of carbonyl (C=O) groups is 1. The molecular formula is C14H19FN2O. The molecule has 0 radical (unpaired) electrons. The molecule has 2 rings (SSSR count). The monoisotopic (exact) mass is 250 g/mol. The van der Waals surface area contributed by atoms with Crippen LogP contribution in [0.4, 0.5) is 15.8 Å². The average Bonchev–Trinajstić information content (AvgIpc) is 2.63. The Morgan fingerprint density at radius 1 is 1.28 bits per heavy atom. The van der Waals surface area contributed by atoms with E-state index in [0.29, 0.717) is 11.4 Å². The van der Waals surface area contributed by atoms with Gasteiger partial charge in [0.2, 0.25) is 5.91 Å². The van der Waals surface area contributed by atoms with Crippen LogP contribution in [0, 0.1) is 22.6 Å². The number of nitrogens with one attached hydrogen (secondary N) is 1. The summed E-state index contributed by atoms with van der Waals surface area (Å²) in [5.74, 6) is -0.580. The summed E-state index contributed by atoms with van der Waals surface area (Å²) in [6, 6.07) is 3.97. The average molecular weight is 250 g/mol. The molecule has 1 saturated carbocycles. The summed E-state index contributed by atoms with van der Waals surface area (Å²) in [6.07, 6.45) is 0. The number of anilines is 2. The van der Waals surface area contributed by atoms with Gasteiger partial charge < -0.3 is 11.1 Å². The molecule has 98 valence electrons. The number of hydrogen-bond acceptors (Lipinski definition) is 2. The third-order valence-electron chi connectivity index (χ3n) is 4.56. The van der Waals surface area contributed by atoms with Crippen LogP contribution in [0.25, 0.3) is 0 Å². The molecule has 1 aromatic carbocycles. The number of benzene rings is 1. The highest BCUT2D eigenvalue weighted by Gasteiger charge is 2.68. The van der Waals surface area contributed by atoms with Crippen molar-refractivity contribution in [1.29, 1.82) is 0 Å². The molecule has 1 aliphatic rings. The molecule has 0 aromatic heterocycles. The minimum absolute atomic E-state index is 0.0425. The predicted molar refractivity (Wildman–Crippen MR) is 70.5 cm³/mol. The Labute approximate surface area is 107 Å². The molecule has 3 nitrogen and oxygen atoms in total. The van der Waals surface area contributed by atoms with E-state index in [1.165, 1.54) is 18.2 Å². The topological polar surface area (TPSA) is 55.1 Å². The van der Waals surface area contributed by atoms with Crippen molar-refractivity contribution < 1.29 is 9.18 Å². The van der Waals surface area contributed by atoms with Crippen LogP contribution in [0.2, 0.25) is 0 Å². The van der Waals surface area contributed by atoms with Crippen molar-refractivity contribution in [2.75, 3.05) is 11.1 Å². The molecule has 0 spiro atoms. The van der Waals surface area contributed by atoms with Crippen LogP contribution < -0.4 is 11.1 Å². The van der Waals surface area contributed by atoms with Gasteiger partial charge in [0.15, 0.2) is 0 Å². The minimum Gasteiger partial charge on any atom is -0.397 e. The largest absolute Gasteiger partial charge is 0.397 e. The van der Waals surface area contributed by atoms with Gasteiger partial charge in [-0.1, -0.05) is 27.7 Å². The zero-order valence-electron chi connectivity index (χ0n) is 11.2. The smallest absolute Gasteiger partial charge is 0.228 e. The highest BCUT2D eigenvalue weighted by atomic mass is 19.1. The molecule has 0 bridgehead atoms. The lowest BCUT2D eigenvalue weighted by molar-refractivity contribution is -0.118. The summed E-state index contributed by atoms with van der Waals surface area (Å²) in [4.78, 5) is 12.2. The first kappa shape index (κ1) is 12.9. The second kappa shape index (κ2) is 3.70. The maximum atomic E-state index is 13.1. The summed E-state index contributed by atoms with van der Waals surface area (Å²) in [7, 11) is 0. The molecule has 3 N–H and O–H groups in total. The number of halogens is 1. The van der Waals surface area contributed by atoms with Gasteiger partial charge in [0.05, 0.1) is 11.4 Å². The van der Waals surface area contributed by atoms with Gasteiger partial charge in [-0.05, 0) is 29.0 Å². The Morgan fingerprint density at radius 3 is 2.33 bits per heavy atom. The summed E-state index contributed by atoms with van der Waals surface area (Å²) < 4.78 is 13.1. The van der Waals surface area contributed by atoms with Gasteiger partial charge in [0, 0.05) is 5.92 Å². The van der Waals surface area contributed by atoms with Crippen molar-refractivity contribution >= 4 is 17.3 Å². The van der Waals surface area contributed by atoms with E-state index < -0.39 is 5.82 Å². The van der Waals surface area contributed by atoms with Gasteiger partial charge in [-0.2, -0.15) is 0 Å². The molecule has 0 saturated heterocycles. The third kappa shape index (κ3) is 1.76. The van der Waals surface area contributed by atoms with E-state index in [0.717, 1.165) is 0 Å². The van der Waals surface area contributed by atoms with Crippen LogP contribution in [0.1, 0.15) is 27.7 Å². The van der Waals surface area contributed by atoms with Crippen molar-refractivity contribution in [3.8, 4) is 0 Å². The lowest BCUT2D eigenvalue weighted by atomic mass is 10.0. The van der Waals surface area contributed by atoms with Gasteiger partial charge >= 0.3 is 0 Å². The first-order valence-electron chi connectivity index (χ1n) is 6.04. The lowest BCUT2D eigenvalue weighted by Crippen LogP contribution is -2.18. The van der Waals surface area contributed by atoms with Crippen molar-refractivity contribution in [1.82, 2.24) is 0 Å². The van der Waals surface area contributed by atoms with Gasteiger partial charge in [-0.15, -0.1) is 0 Å². The van der Waals surface area contributed by atoms with E-state index in [-0.39, 0.29) is 22.7 Å². The number of carbonyl (C=O) groups excluding carboxylic acids is 1. The van der Waals surface area contributed by atoms with Crippen LogP contribution in [-0.2, 0) is 4.79 Å². The first-order chi connectivity index (χ1) is 8.18. The molecule has 18 heavy (non-hydrogen) atoms. The molecule has 0 heterocycles. The fourth-order valence-corrected chi connectivity index (χ4v) is 2.69.